The van der Waals surface area contributed by atoms with E-state index in [-0.39, 0.29) is 16.6 Å². The molecule has 1 amide bonds. The zero-order chi connectivity index (χ0) is 20.5. The van der Waals surface area contributed by atoms with Crippen LogP contribution in [0.4, 0.5) is 5.69 Å². The zero-order valence-electron chi connectivity index (χ0n) is 16.7. The fourth-order valence-corrected chi connectivity index (χ4v) is 5.02. The van der Waals surface area contributed by atoms with E-state index in [2.05, 4.69) is 0 Å². The van der Waals surface area contributed by atoms with E-state index in [9.17, 15) is 13.2 Å². The van der Waals surface area contributed by atoms with Gasteiger partial charge in [0.1, 0.15) is 10.6 Å². The molecule has 150 valence electrons. The van der Waals surface area contributed by atoms with Crippen LogP contribution >= 0.6 is 0 Å². The lowest BCUT2D eigenvalue weighted by Gasteiger charge is -2.21. The molecule has 6 nitrogen and oxygen atoms in total. The van der Waals surface area contributed by atoms with Crippen LogP contribution in [0.15, 0.2) is 41.3 Å². The van der Waals surface area contributed by atoms with Gasteiger partial charge in [0.05, 0.1) is 7.11 Å². The lowest BCUT2D eigenvalue weighted by Crippen LogP contribution is -2.29. The zero-order valence-corrected chi connectivity index (χ0v) is 17.5. The summed E-state index contributed by atoms with van der Waals surface area (Å²) in [5, 5.41) is 0. The predicted octanol–water partition coefficient (Wildman–Crippen LogP) is 3.37. The molecule has 1 aliphatic heterocycles. The Morgan fingerprint density at radius 2 is 1.71 bits per heavy atom. The quantitative estimate of drug-likeness (QED) is 0.769. The Morgan fingerprint density at radius 3 is 2.32 bits per heavy atom. The maximum atomic E-state index is 13.0. The second kappa shape index (κ2) is 7.93. The second-order valence-corrected chi connectivity index (χ2v) is 9.02. The Labute approximate surface area is 166 Å². The highest BCUT2D eigenvalue weighted by Gasteiger charge is 2.31. The largest absolute Gasteiger partial charge is 0.495 e. The molecule has 1 fully saturated rings. The van der Waals surface area contributed by atoms with E-state index in [0.29, 0.717) is 18.7 Å². The first-order chi connectivity index (χ1) is 13.3. The van der Waals surface area contributed by atoms with Gasteiger partial charge in [0.2, 0.25) is 10.0 Å². The Bertz CT molecular complexity index is 995. The van der Waals surface area contributed by atoms with Crippen LogP contribution < -0.4 is 9.64 Å². The minimum Gasteiger partial charge on any atom is -0.495 e. The van der Waals surface area contributed by atoms with Gasteiger partial charge in [-0.25, -0.2) is 8.42 Å². The number of hydrogen-bond acceptors (Lipinski definition) is 4. The lowest BCUT2D eigenvalue weighted by atomic mass is 10.1. The number of benzene rings is 2. The number of nitrogens with zero attached hydrogens (tertiary/aromatic N) is 2. The molecule has 0 aromatic heterocycles. The number of rotatable bonds is 5. The monoisotopic (exact) mass is 402 g/mol. The van der Waals surface area contributed by atoms with Crippen LogP contribution in [0.5, 0.6) is 5.75 Å². The molecular weight excluding hydrogens is 376 g/mol. The molecule has 1 heterocycles. The Hall–Kier alpha value is -2.38. The summed E-state index contributed by atoms with van der Waals surface area (Å²) >= 11 is 0. The van der Waals surface area contributed by atoms with E-state index >= 15 is 0 Å². The van der Waals surface area contributed by atoms with Gasteiger partial charge in [-0.3, -0.25) is 4.79 Å². The van der Waals surface area contributed by atoms with Gasteiger partial charge in [0, 0.05) is 31.4 Å². The molecule has 2 aromatic rings. The molecule has 0 bridgehead atoms. The molecule has 0 spiro atoms. The van der Waals surface area contributed by atoms with Crippen LogP contribution in [-0.4, -0.2) is 45.9 Å². The normalized spacial score (nSPS) is 14.9. The molecule has 7 heteroatoms. The van der Waals surface area contributed by atoms with Crippen molar-refractivity contribution >= 4 is 21.6 Å². The Morgan fingerprint density at radius 1 is 1.04 bits per heavy atom. The summed E-state index contributed by atoms with van der Waals surface area (Å²) in [7, 11) is -0.585. The SMILES string of the molecule is COc1ccc(C(=O)N(C)c2ccc(C)c(C)c2)cc1S(=O)(=O)N1CCCC1. The van der Waals surface area contributed by atoms with E-state index in [4.69, 9.17) is 4.74 Å². The highest BCUT2D eigenvalue weighted by atomic mass is 32.2. The molecule has 0 unspecified atom stereocenters. The number of methoxy groups -OCH3 is 1. The molecule has 0 aliphatic carbocycles. The minimum absolute atomic E-state index is 0.0382. The highest BCUT2D eigenvalue weighted by molar-refractivity contribution is 7.89. The van der Waals surface area contributed by atoms with Crippen LogP contribution in [-0.2, 0) is 10.0 Å². The van der Waals surface area contributed by atoms with Gasteiger partial charge in [-0.1, -0.05) is 6.07 Å². The van der Waals surface area contributed by atoms with Gasteiger partial charge in [0.15, 0.2) is 0 Å². The third-order valence-electron chi connectivity index (χ3n) is 5.28. The number of amides is 1. The van der Waals surface area contributed by atoms with Crippen LogP contribution in [0, 0.1) is 13.8 Å². The lowest BCUT2D eigenvalue weighted by molar-refractivity contribution is 0.0992. The van der Waals surface area contributed by atoms with Crippen LogP contribution in [0.25, 0.3) is 0 Å². The molecule has 2 aromatic carbocycles. The maximum Gasteiger partial charge on any atom is 0.258 e. The van der Waals surface area contributed by atoms with Gasteiger partial charge in [-0.05, 0) is 68.1 Å². The van der Waals surface area contributed by atoms with Gasteiger partial charge in [-0.2, -0.15) is 4.31 Å². The fourth-order valence-electron chi connectivity index (χ4n) is 3.32. The number of hydrogen-bond donors (Lipinski definition) is 0. The van der Waals surface area contributed by atoms with Crippen molar-refractivity contribution in [1.29, 1.82) is 0 Å². The van der Waals surface area contributed by atoms with Gasteiger partial charge >= 0.3 is 0 Å². The molecule has 28 heavy (non-hydrogen) atoms. The van der Waals surface area contributed by atoms with Crippen LogP contribution in [0.2, 0.25) is 0 Å². The summed E-state index contributed by atoms with van der Waals surface area (Å²) in [6.07, 6.45) is 1.69. The van der Waals surface area contributed by atoms with Gasteiger partial charge in [0.25, 0.3) is 5.91 Å². The number of carbonyl (C=O) groups is 1. The van der Waals surface area contributed by atoms with E-state index in [0.717, 1.165) is 29.7 Å². The molecule has 0 N–H and O–H groups in total. The van der Waals surface area contributed by atoms with Crippen molar-refractivity contribution in [3.8, 4) is 5.75 Å². The average molecular weight is 403 g/mol. The third kappa shape index (κ3) is 3.77. The summed E-state index contributed by atoms with van der Waals surface area (Å²) in [6, 6.07) is 10.4. The number of ether oxygens (including phenoxy) is 1. The number of aryl methyl sites for hydroxylation is 2. The Kier molecular flexibility index (Phi) is 5.76. The van der Waals surface area contributed by atoms with Crippen molar-refractivity contribution in [3.05, 3.63) is 53.1 Å². The Balaban J connectivity index is 1.98. The maximum absolute atomic E-state index is 13.0. The molecule has 1 aliphatic rings. The summed E-state index contributed by atoms with van der Waals surface area (Å²) in [5.41, 5.74) is 3.30. The summed E-state index contributed by atoms with van der Waals surface area (Å²) < 4.78 is 32.8. The summed E-state index contributed by atoms with van der Waals surface area (Å²) in [4.78, 5) is 14.6. The van der Waals surface area contributed by atoms with E-state index in [1.54, 1.807) is 19.2 Å². The van der Waals surface area contributed by atoms with E-state index < -0.39 is 10.0 Å². The van der Waals surface area contributed by atoms with Crippen molar-refractivity contribution in [1.82, 2.24) is 4.31 Å². The first-order valence-electron chi connectivity index (χ1n) is 9.29. The topological polar surface area (TPSA) is 66.9 Å². The molecular formula is C21H26N2O4S. The smallest absolute Gasteiger partial charge is 0.258 e. The van der Waals surface area contributed by atoms with E-state index in [1.807, 2.05) is 32.0 Å². The number of carbonyl (C=O) groups excluding carboxylic acids is 1. The molecule has 0 atom stereocenters. The number of anilines is 1. The van der Waals surface area contributed by atoms with Crippen molar-refractivity contribution in [2.24, 2.45) is 0 Å². The summed E-state index contributed by atoms with van der Waals surface area (Å²) in [6.45, 7) is 4.99. The molecule has 0 radical (unpaired) electrons. The first-order valence-corrected chi connectivity index (χ1v) is 10.7. The standard InChI is InChI=1S/C21H26N2O4S/c1-15-7-9-18(13-16(15)2)22(3)21(24)17-8-10-19(27-4)20(14-17)28(25,26)23-11-5-6-12-23/h7-10,13-14H,5-6,11-12H2,1-4H3. The van der Waals surface area contributed by atoms with Crippen molar-refractivity contribution in [3.63, 3.8) is 0 Å². The second-order valence-electron chi connectivity index (χ2n) is 7.11. The number of sulfonamides is 1. The van der Waals surface area contributed by atoms with E-state index in [1.165, 1.54) is 22.4 Å². The molecule has 1 saturated heterocycles. The first kappa shape index (κ1) is 20.4. The molecule has 0 saturated carbocycles. The highest BCUT2D eigenvalue weighted by Crippen LogP contribution is 2.30. The minimum atomic E-state index is -3.70. The van der Waals surface area contributed by atoms with Crippen molar-refractivity contribution < 1.29 is 17.9 Å². The predicted molar refractivity (Wildman–Crippen MR) is 110 cm³/mol. The average Bonchev–Trinajstić information content (AvgIpc) is 3.24. The van der Waals surface area contributed by atoms with Gasteiger partial charge in [-0.15, -0.1) is 0 Å². The van der Waals surface area contributed by atoms with Crippen LogP contribution in [0.3, 0.4) is 0 Å². The van der Waals surface area contributed by atoms with Crippen molar-refractivity contribution in [2.75, 3.05) is 32.1 Å². The van der Waals surface area contributed by atoms with Crippen LogP contribution in [0.1, 0.15) is 34.3 Å². The van der Waals surface area contributed by atoms with Crippen molar-refractivity contribution in [2.45, 2.75) is 31.6 Å². The molecule has 3 rings (SSSR count). The third-order valence-corrected chi connectivity index (χ3v) is 7.20. The fraction of sp³-hybridized carbons (Fsp3) is 0.381. The summed E-state index contributed by atoms with van der Waals surface area (Å²) in [5.74, 6) is -0.0268. The van der Waals surface area contributed by atoms with Gasteiger partial charge < -0.3 is 9.64 Å².